The third-order valence-electron chi connectivity index (χ3n) is 3.52. The van der Waals surface area contributed by atoms with Gasteiger partial charge in [0.05, 0.1) is 13.2 Å². The summed E-state index contributed by atoms with van der Waals surface area (Å²) in [6, 6.07) is 5.95. The van der Waals surface area contributed by atoms with E-state index >= 15 is 0 Å². The van der Waals surface area contributed by atoms with Gasteiger partial charge in [-0.1, -0.05) is 13.8 Å². The lowest BCUT2D eigenvalue weighted by atomic mass is 9.97. The maximum Gasteiger partial charge on any atom is 0.142 e. The first kappa shape index (κ1) is 15.4. The predicted octanol–water partition coefficient (Wildman–Crippen LogP) is 3.14. The molecular formula is C17H23N3O. The Morgan fingerprint density at radius 1 is 1.24 bits per heavy atom. The van der Waals surface area contributed by atoms with Gasteiger partial charge in [0.2, 0.25) is 0 Å². The van der Waals surface area contributed by atoms with Gasteiger partial charge in [-0.25, -0.2) is 0 Å². The van der Waals surface area contributed by atoms with Gasteiger partial charge in [-0.3, -0.25) is 9.97 Å². The molecule has 0 bridgehead atoms. The van der Waals surface area contributed by atoms with Gasteiger partial charge in [0.25, 0.3) is 0 Å². The highest BCUT2D eigenvalue weighted by Crippen LogP contribution is 2.29. The van der Waals surface area contributed by atoms with Crippen molar-refractivity contribution in [1.82, 2.24) is 15.3 Å². The molecule has 112 valence electrons. The summed E-state index contributed by atoms with van der Waals surface area (Å²) in [7, 11) is 1.69. The van der Waals surface area contributed by atoms with Gasteiger partial charge >= 0.3 is 0 Å². The van der Waals surface area contributed by atoms with E-state index in [-0.39, 0.29) is 6.04 Å². The Balaban J connectivity index is 2.47. The van der Waals surface area contributed by atoms with Crippen LogP contribution in [0.2, 0.25) is 0 Å². The van der Waals surface area contributed by atoms with Gasteiger partial charge in [-0.2, -0.15) is 0 Å². The number of hydrogen-bond acceptors (Lipinski definition) is 4. The molecule has 0 aliphatic heterocycles. The molecular weight excluding hydrogens is 262 g/mol. The maximum absolute atomic E-state index is 5.48. The minimum atomic E-state index is 0.0269. The zero-order chi connectivity index (χ0) is 15.1. The number of nitrogens with one attached hydrogen (secondary N) is 1. The second-order valence-electron chi connectivity index (χ2n) is 4.91. The average molecular weight is 285 g/mol. The fourth-order valence-electron chi connectivity index (χ4n) is 2.45. The maximum atomic E-state index is 5.48. The molecule has 0 saturated heterocycles. The topological polar surface area (TPSA) is 47.0 Å². The monoisotopic (exact) mass is 285 g/mol. The van der Waals surface area contributed by atoms with Gasteiger partial charge in [0.15, 0.2) is 0 Å². The number of nitrogens with zero attached hydrogens (tertiary/aromatic N) is 2. The normalized spacial score (nSPS) is 12.1. The average Bonchev–Trinajstić information content (AvgIpc) is 2.56. The molecule has 0 aliphatic rings. The fourth-order valence-corrected chi connectivity index (χ4v) is 2.45. The predicted molar refractivity (Wildman–Crippen MR) is 84.5 cm³/mol. The van der Waals surface area contributed by atoms with E-state index in [9.17, 15) is 0 Å². The van der Waals surface area contributed by atoms with Crippen molar-refractivity contribution in [1.29, 1.82) is 0 Å². The van der Waals surface area contributed by atoms with E-state index in [4.69, 9.17) is 4.74 Å². The quantitative estimate of drug-likeness (QED) is 0.849. The third kappa shape index (κ3) is 3.58. The van der Waals surface area contributed by atoms with Crippen molar-refractivity contribution in [2.75, 3.05) is 13.7 Å². The Bertz CT molecular complexity index is 524. The second-order valence-corrected chi connectivity index (χ2v) is 4.91. The lowest BCUT2D eigenvalue weighted by molar-refractivity contribution is 0.399. The molecule has 0 radical (unpaired) electrons. The first-order valence-corrected chi connectivity index (χ1v) is 7.46. The highest BCUT2D eigenvalue weighted by atomic mass is 16.5. The first-order chi connectivity index (χ1) is 10.3. The number of aromatic nitrogens is 2. The lowest BCUT2D eigenvalue weighted by Crippen LogP contribution is -2.25. The highest BCUT2D eigenvalue weighted by Gasteiger charge is 2.21. The van der Waals surface area contributed by atoms with Crippen LogP contribution >= 0.6 is 0 Å². The van der Waals surface area contributed by atoms with Crippen LogP contribution in [-0.4, -0.2) is 23.6 Å². The van der Waals surface area contributed by atoms with Gasteiger partial charge < -0.3 is 10.1 Å². The summed E-state index contributed by atoms with van der Waals surface area (Å²) in [4.78, 5) is 8.78. The number of hydrogen-bond donors (Lipinski definition) is 1. The first-order valence-electron chi connectivity index (χ1n) is 7.46. The molecule has 2 aromatic rings. The largest absolute Gasteiger partial charge is 0.495 e. The van der Waals surface area contributed by atoms with Gasteiger partial charge in [-0.15, -0.1) is 0 Å². The molecule has 0 spiro atoms. The van der Waals surface area contributed by atoms with Crippen LogP contribution in [0.3, 0.4) is 0 Å². The van der Waals surface area contributed by atoms with Gasteiger partial charge in [0.1, 0.15) is 11.4 Å². The number of ether oxygens (including phenoxy) is 1. The Kier molecular flexibility index (Phi) is 5.69. The van der Waals surface area contributed by atoms with Crippen LogP contribution in [0.5, 0.6) is 5.75 Å². The summed E-state index contributed by atoms with van der Waals surface area (Å²) in [6.07, 6.45) is 7.60. The second kappa shape index (κ2) is 7.74. The molecule has 0 aromatic carbocycles. The highest BCUT2D eigenvalue weighted by molar-refractivity contribution is 5.39. The van der Waals surface area contributed by atoms with Crippen molar-refractivity contribution in [2.24, 2.45) is 0 Å². The molecule has 0 fully saturated rings. The Morgan fingerprint density at radius 3 is 2.81 bits per heavy atom. The molecule has 1 N–H and O–H groups in total. The van der Waals surface area contributed by atoms with E-state index in [1.807, 2.05) is 30.7 Å². The van der Waals surface area contributed by atoms with Crippen LogP contribution in [0.15, 0.2) is 36.8 Å². The minimum Gasteiger partial charge on any atom is -0.495 e. The van der Waals surface area contributed by atoms with Crippen molar-refractivity contribution in [2.45, 2.75) is 32.7 Å². The molecule has 1 unspecified atom stereocenters. The van der Waals surface area contributed by atoms with E-state index in [2.05, 4.69) is 35.2 Å². The summed E-state index contributed by atoms with van der Waals surface area (Å²) >= 11 is 0. The molecule has 2 aromatic heterocycles. The molecule has 2 heterocycles. The van der Waals surface area contributed by atoms with Crippen LogP contribution in [0.1, 0.15) is 43.1 Å². The smallest absolute Gasteiger partial charge is 0.142 e. The zero-order valence-electron chi connectivity index (χ0n) is 13.0. The molecule has 0 amide bonds. The van der Waals surface area contributed by atoms with Crippen LogP contribution in [-0.2, 0) is 6.42 Å². The number of aryl methyl sites for hydroxylation is 1. The van der Waals surface area contributed by atoms with Crippen LogP contribution in [0.25, 0.3) is 0 Å². The van der Waals surface area contributed by atoms with Gasteiger partial charge in [0, 0.05) is 18.6 Å². The molecule has 0 saturated carbocycles. The zero-order valence-corrected chi connectivity index (χ0v) is 13.0. The van der Waals surface area contributed by atoms with Crippen molar-refractivity contribution >= 4 is 0 Å². The van der Waals surface area contributed by atoms with Crippen LogP contribution < -0.4 is 10.1 Å². The number of pyridine rings is 2. The molecule has 0 aliphatic carbocycles. The Morgan fingerprint density at radius 2 is 2.10 bits per heavy atom. The standard InChI is InChI=1S/C17H23N3O/c1-4-9-19-16(14-8-11-18-12-13(14)5-2)17-15(21-3)7-6-10-20-17/h6-8,10-12,16,19H,4-5,9H2,1-3H3. The molecule has 1 atom stereocenters. The number of methoxy groups -OCH3 is 1. The Hall–Kier alpha value is -1.94. The minimum absolute atomic E-state index is 0.0269. The van der Waals surface area contributed by atoms with Crippen molar-refractivity contribution in [3.63, 3.8) is 0 Å². The summed E-state index contributed by atoms with van der Waals surface area (Å²) in [6.45, 7) is 5.23. The molecule has 4 heteroatoms. The van der Waals surface area contributed by atoms with E-state index in [0.717, 1.165) is 30.8 Å². The van der Waals surface area contributed by atoms with E-state index in [0.29, 0.717) is 0 Å². The van der Waals surface area contributed by atoms with Gasteiger partial charge in [-0.05, 0) is 48.7 Å². The number of rotatable bonds is 7. The third-order valence-corrected chi connectivity index (χ3v) is 3.52. The van der Waals surface area contributed by atoms with E-state index in [1.165, 1.54) is 11.1 Å². The summed E-state index contributed by atoms with van der Waals surface area (Å²) in [5.41, 5.74) is 3.38. The van der Waals surface area contributed by atoms with Crippen LogP contribution in [0.4, 0.5) is 0 Å². The molecule has 21 heavy (non-hydrogen) atoms. The van der Waals surface area contributed by atoms with Crippen molar-refractivity contribution < 1.29 is 4.74 Å². The fraction of sp³-hybridized carbons (Fsp3) is 0.412. The lowest BCUT2D eigenvalue weighted by Gasteiger charge is -2.22. The molecule has 2 rings (SSSR count). The Labute approximate surface area is 126 Å². The summed E-state index contributed by atoms with van der Waals surface area (Å²) < 4.78 is 5.48. The van der Waals surface area contributed by atoms with Crippen LogP contribution in [0, 0.1) is 0 Å². The van der Waals surface area contributed by atoms with E-state index < -0.39 is 0 Å². The SMILES string of the molecule is CCCNC(c1ccncc1CC)c1ncccc1OC. The van der Waals surface area contributed by atoms with E-state index in [1.54, 1.807) is 7.11 Å². The van der Waals surface area contributed by atoms with Crippen molar-refractivity contribution in [3.8, 4) is 5.75 Å². The molecule has 4 nitrogen and oxygen atoms in total. The summed E-state index contributed by atoms with van der Waals surface area (Å²) in [5, 5.41) is 3.58. The van der Waals surface area contributed by atoms with Crippen molar-refractivity contribution in [3.05, 3.63) is 53.6 Å². The summed E-state index contributed by atoms with van der Waals surface area (Å²) in [5.74, 6) is 0.810.